The molecule has 4 fully saturated rings. The maximum Gasteiger partial charge on any atom is 0.133 e. The fourth-order valence-electron chi connectivity index (χ4n) is 5.84. The Hall–Kier alpha value is -0.160. The lowest BCUT2D eigenvalue weighted by Gasteiger charge is -2.61. The van der Waals surface area contributed by atoms with Crippen LogP contribution in [0.15, 0.2) is 0 Å². The monoisotopic (exact) mass is 263 g/mol. The van der Waals surface area contributed by atoms with E-state index in [4.69, 9.17) is 0 Å². The third kappa shape index (κ3) is 1.46. The second-order valence-electron chi connectivity index (χ2n) is 7.85. The molecule has 0 radical (unpaired) electrons. The molecule has 6 atom stereocenters. The molecule has 4 aliphatic carbocycles. The van der Waals surface area contributed by atoms with Crippen molar-refractivity contribution >= 4 is 11.8 Å². The van der Waals surface area contributed by atoms with Gasteiger partial charge in [-0.2, -0.15) is 5.26 Å². The van der Waals surface area contributed by atoms with Crippen LogP contribution in [0, 0.1) is 45.2 Å². The first-order valence-electron chi connectivity index (χ1n) is 7.47. The van der Waals surface area contributed by atoms with Crippen LogP contribution in [0.4, 0.5) is 0 Å². The lowest BCUT2D eigenvalue weighted by molar-refractivity contribution is -0.0757. The van der Waals surface area contributed by atoms with Crippen molar-refractivity contribution in [1.82, 2.24) is 0 Å². The van der Waals surface area contributed by atoms with Crippen LogP contribution in [0.1, 0.15) is 53.4 Å². The van der Waals surface area contributed by atoms with Crippen molar-refractivity contribution in [3.63, 3.8) is 0 Å². The molecule has 0 aliphatic heterocycles. The molecule has 0 N–H and O–H groups in total. The third-order valence-electron chi connectivity index (χ3n) is 6.71. The molecule has 4 rings (SSSR count). The second-order valence-corrected chi connectivity index (χ2v) is 8.78. The van der Waals surface area contributed by atoms with E-state index in [0.29, 0.717) is 16.1 Å². The highest BCUT2D eigenvalue weighted by molar-refractivity contribution is 8.04. The van der Waals surface area contributed by atoms with E-state index in [0.717, 1.165) is 23.7 Å². The van der Waals surface area contributed by atoms with Gasteiger partial charge in [0.2, 0.25) is 0 Å². The highest BCUT2D eigenvalue weighted by Gasteiger charge is 2.66. The Kier molecular flexibility index (Phi) is 2.80. The van der Waals surface area contributed by atoms with Crippen LogP contribution in [0.3, 0.4) is 0 Å². The van der Waals surface area contributed by atoms with Crippen LogP contribution in [-0.4, -0.2) is 5.25 Å². The number of hydrogen-bond acceptors (Lipinski definition) is 2. The summed E-state index contributed by atoms with van der Waals surface area (Å²) >= 11 is 1.60. The fraction of sp³-hybridized carbons (Fsp3) is 0.938. The zero-order valence-electron chi connectivity index (χ0n) is 12.1. The topological polar surface area (TPSA) is 23.8 Å². The zero-order valence-corrected chi connectivity index (χ0v) is 12.9. The predicted molar refractivity (Wildman–Crippen MR) is 77.0 cm³/mol. The lowest BCUT2D eigenvalue weighted by Crippen LogP contribution is -2.57. The van der Waals surface area contributed by atoms with E-state index < -0.39 is 0 Å². The van der Waals surface area contributed by atoms with Crippen molar-refractivity contribution in [3.05, 3.63) is 0 Å². The van der Waals surface area contributed by atoms with Gasteiger partial charge in [-0.05, 0) is 71.9 Å². The van der Waals surface area contributed by atoms with Gasteiger partial charge in [-0.3, -0.25) is 0 Å². The largest absolute Gasteiger partial charge is 0.185 e. The minimum Gasteiger partial charge on any atom is -0.185 e. The Morgan fingerprint density at radius 2 is 2.00 bits per heavy atom. The molecule has 0 unspecified atom stereocenters. The van der Waals surface area contributed by atoms with Gasteiger partial charge in [-0.25, -0.2) is 0 Å². The Morgan fingerprint density at radius 1 is 1.28 bits per heavy atom. The summed E-state index contributed by atoms with van der Waals surface area (Å²) in [5.74, 6) is 3.30. The average molecular weight is 263 g/mol. The van der Waals surface area contributed by atoms with E-state index in [1.807, 2.05) is 0 Å². The number of nitriles is 1. The van der Waals surface area contributed by atoms with Crippen molar-refractivity contribution < 1.29 is 0 Å². The molecule has 4 bridgehead atoms. The van der Waals surface area contributed by atoms with Gasteiger partial charge >= 0.3 is 0 Å². The summed E-state index contributed by atoms with van der Waals surface area (Å²) in [5, 5.41) is 12.2. The normalized spacial score (nSPS) is 53.8. The number of nitrogens with zero attached hydrogens (tertiary/aromatic N) is 1. The standard InChI is InChI=1S/C16H25NS/c1-10(2)11-7-13-15(3)5-6-16(13,4)14(18-9-17)12(11)8-15/h10-14H,5-8H2,1-4H3/t11-,12+,13-,14-,15-,16-/m0/s1. The number of rotatable bonds is 2. The summed E-state index contributed by atoms with van der Waals surface area (Å²) < 4.78 is 0. The quantitative estimate of drug-likeness (QED) is 0.675. The smallest absolute Gasteiger partial charge is 0.133 e. The van der Waals surface area contributed by atoms with Crippen LogP contribution in [-0.2, 0) is 0 Å². The van der Waals surface area contributed by atoms with E-state index in [1.165, 1.54) is 25.7 Å². The van der Waals surface area contributed by atoms with Crippen molar-refractivity contribution in [2.24, 2.45) is 34.5 Å². The molecule has 0 aromatic carbocycles. The maximum atomic E-state index is 9.19. The summed E-state index contributed by atoms with van der Waals surface area (Å²) in [6, 6.07) is 0. The summed E-state index contributed by atoms with van der Waals surface area (Å²) in [6.07, 6.45) is 5.57. The molecule has 4 saturated carbocycles. The molecule has 100 valence electrons. The van der Waals surface area contributed by atoms with E-state index >= 15 is 0 Å². The van der Waals surface area contributed by atoms with E-state index in [-0.39, 0.29) is 0 Å². The molecule has 0 spiro atoms. The molecule has 4 aliphatic rings. The van der Waals surface area contributed by atoms with Gasteiger partial charge in [0.1, 0.15) is 5.40 Å². The third-order valence-corrected chi connectivity index (χ3v) is 7.95. The molecule has 0 amide bonds. The SMILES string of the molecule is CC(C)[C@@H]1C[C@H]2[C@@]3(C)CC[C@]2(C)[C@@H](SC#N)[C@@H]1C3. The Balaban J connectivity index is 2.00. The number of fused-ring (bicyclic) bond motifs is 1. The Morgan fingerprint density at radius 3 is 2.61 bits per heavy atom. The summed E-state index contributed by atoms with van der Waals surface area (Å²) in [7, 11) is 0. The first-order chi connectivity index (χ1) is 8.42. The van der Waals surface area contributed by atoms with Gasteiger partial charge in [0.15, 0.2) is 0 Å². The van der Waals surface area contributed by atoms with E-state index in [1.54, 1.807) is 11.8 Å². The molecule has 18 heavy (non-hydrogen) atoms. The number of hydrogen-bond donors (Lipinski definition) is 0. The van der Waals surface area contributed by atoms with Gasteiger partial charge in [0.25, 0.3) is 0 Å². The van der Waals surface area contributed by atoms with Gasteiger partial charge in [0, 0.05) is 5.25 Å². The van der Waals surface area contributed by atoms with Crippen molar-refractivity contribution in [1.29, 1.82) is 5.26 Å². The summed E-state index contributed by atoms with van der Waals surface area (Å²) in [6.45, 7) is 9.78. The molecular formula is C16H25NS. The second kappa shape index (κ2) is 3.92. The Labute approximate surface area is 116 Å². The molecule has 0 heterocycles. The van der Waals surface area contributed by atoms with Crippen LogP contribution in [0.5, 0.6) is 0 Å². The molecule has 2 heteroatoms. The molecule has 0 aromatic rings. The molecular weight excluding hydrogens is 238 g/mol. The highest BCUT2D eigenvalue weighted by Crippen LogP contribution is 2.72. The minimum absolute atomic E-state index is 0.448. The maximum absolute atomic E-state index is 9.19. The molecule has 0 saturated heterocycles. The van der Waals surface area contributed by atoms with Gasteiger partial charge in [-0.1, -0.05) is 27.7 Å². The van der Waals surface area contributed by atoms with Crippen LogP contribution in [0.2, 0.25) is 0 Å². The summed E-state index contributed by atoms with van der Waals surface area (Å²) in [5.41, 5.74) is 1.04. The van der Waals surface area contributed by atoms with Gasteiger partial charge in [0.05, 0.1) is 0 Å². The zero-order chi connectivity index (χ0) is 13.1. The molecule has 0 aromatic heterocycles. The van der Waals surface area contributed by atoms with E-state index in [9.17, 15) is 5.26 Å². The Bertz CT molecular complexity index is 398. The summed E-state index contributed by atoms with van der Waals surface area (Å²) in [4.78, 5) is 0. The van der Waals surface area contributed by atoms with Crippen molar-refractivity contribution in [2.75, 3.05) is 0 Å². The number of thioether (sulfide) groups is 1. The first-order valence-corrected chi connectivity index (χ1v) is 8.35. The first kappa shape index (κ1) is 12.9. The predicted octanol–water partition coefficient (Wildman–Crippen LogP) is 4.69. The molecule has 1 nitrogen and oxygen atoms in total. The fourth-order valence-corrected chi connectivity index (χ4v) is 6.98. The van der Waals surface area contributed by atoms with Crippen LogP contribution >= 0.6 is 11.8 Å². The van der Waals surface area contributed by atoms with Crippen LogP contribution < -0.4 is 0 Å². The average Bonchev–Trinajstić information content (AvgIpc) is 2.52. The highest BCUT2D eigenvalue weighted by atomic mass is 32.2. The lowest BCUT2D eigenvalue weighted by atomic mass is 9.47. The minimum atomic E-state index is 0.448. The van der Waals surface area contributed by atoms with E-state index in [2.05, 4.69) is 33.1 Å². The van der Waals surface area contributed by atoms with Crippen LogP contribution in [0.25, 0.3) is 0 Å². The van der Waals surface area contributed by atoms with Crippen molar-refractivity contribution in [3.8, 4) is 5.40 Å². The van der Waals surface area contributed by atoms with Gasteiger partial charge in [-0.15, -0.1) is 0 Å². The van der Waals surface area contributed by atoms with Crippen molar-refractivity contribution in [2.45, 2.75) is 58.6 Å². The number of thiocyanates is 1. The van der Waals surface area contributed by atoms with Gasteiger partial charge < -0.3 is 0 Å².